The molecule has 0 radical (unpaired) electrons. The van der Waals surface area contributed by atoms with E-state index in [1.165, 1.54) is 0 Å². The first-order valence-electron chi connectivity index (χ1n) is 3.19. The maximum Gasteiger partial charge on any atom is 0.110 e. The largest absolute Gasteiger partial charge is 0.329 e. The van der Waals surface area contributed by atoms with Gasteiger partial charge in [-0.15, -0.1) is 0 Å². The second-order valence-corrected chi connectivity index (χ2v) is 2.33. The van der Waals surface area contributed by atoms with Gasteiger partial charge in [-0.1, -0.05) is 0 Å². The number of hydrogen-bond acceptors (Lipinski definition) is 2. The molecule has 1 unspecified atom stereocenters. The van der Waals surface area contributed by atoms with Crippen LogP contribution in [0.5, 0.6) is 0 Å². The number of halogens is 1. The highest BCUT2D eigenvalue weighted by molar-refractivity contribution is 4.55. The topological polar surface area (TPSA) is 29.3 Å². The summed E-state index contributed by atoms with van der Waals surface area (Å²) in [6, 6.07) is 0. The van der Waals surface area contributed by atoms with E-state index in [-0.39, 0.29) is 0 Å². The lowest BCUT2D eigenvalue weighted by Crippen LogP contribution is -2.30. The minimum absolute atomic E-state index is 0.483. The molecule has 0 rings (SSSR count). The Labute approximate surface area is 55.8 Å². The van der Waals surface area contributed by atoms with Crippen molar-refractivity contribution in [1.82, 2.24) is 4.90 Å². The van der Waals surface area contributed by atoms with E-state index in [4.69, 9.17) is 5.73 Å². The van der Waals surface area contributed by atoms with Gasteiger partial charge in [-0.2, -0.15) is 0 Å². The highest BCUT2D eigenvalue weighted by Gasteiger charge is 2.01. The predicted molar refractivity (Wildman–Crippen MR) is 37.1 cm³/mol. The van der Waals surface area contributed by atoms with Crippen molar-refractivity contribution in [1.29, 1.82) is 0 Å². The fourth-order valence-corrected chi connectivity index (χ4v) is 0.741. The molecule has 0 aliphatic heterocycles. The van der Waals surface area contributed by atoms with Crippen LogP contribution in [0.25, 0.3) is 0 Å². The monoisotopic (exact) mass is 134 g/mol. The fraction of sp³-hybridized carbons (Fsp3) is 1.00. The summed E-state index contributed by atoms with van der Waals surface area (Å²) in [5.74, 6) is 0. The number of alkyl halides is 1. The van der Waals surface area contributed by atoms with Crippen molar-refractivity contribution in [2.24, 2.45) is 5.73 Å². The minimum Gasteiger partial charge on any atom is -0.329 e. The highest BCUT2D eigenvalue weighted by atomic mass is 19.1. The molecule has 0 saturated carbocycles. The molecule has 56 valence electrons. The third-order valence-electron chi connectivity index (χ3n) is 1.07. The molecule has 0 aromatic carbocycles. The van der Waals surface area contributed by atoms with Crippen molar-refractivity contribution in [3.05, 3.63) is 0 Å². The third-order valence-corrected chi connectivity index (χ3v) is 1.07. The zero-order valence-corrected chi connectivity index (χ0v) is 6.10. The molecule has 1 atom stereocenters. The van der Waals surface area contributed by atoms with Crippen molar-refractivity contribution in [2.75, 3.05) is 26.7 Å². The van der Waals surface area contributed by atoms with Crippen LogP contribution in [-0.4, -0.2) is 37.8 Å². The van der Waals surface area contributed by atoms with Crippen molar-refractivity contribution < 1.29 is 4.39 Å². The lowest BCUT2D eigenvalue weighted by molar-refractivity contribution is 0.238. The summed E-state index contributed by atoms with van der Waals surface area (Å²) in [4.78, 5) is 1.88. The van der Waals surface area contributed by atoms with Crippen molar-refractivity contribution in [3.8, 4) is 0 Å². The van der Waals surface area contributed by atoms with Crippen LogP contribution in [-0.2, 0) is 0 Å². The Balaban J connectivity index is 3.15. The number of rotatable bonds is 4. The van der Waals surface area contributed by atoms with E-state index in [0.29, 0.717) is 13.1 Å². The first-order chi connectivity index (χ1) is 4.16. The summed E-state index contributed by atoms with van der Waals surface area (Å²) < 4.78 is 12.2. The maximum absolute atomic E-state index is 12.2. The van der Waals surface area contributed by atoms with E-state index >= 15 is 0 Å². The van der Waals surface area contributed by atoms with E-state index in [1.54, 1.807) is 6.92 Å². The van der Waals surface area contributed by atoms with Crippen LogP contribution in [0.2, 0.25) is 0 Å². The molecule has 0 aromatic heterocycles. The van der Waals surface area contributed by atoms with Gasteiger partial charge in [-0.05, 0) is 14.0 Å². The molecule has 0 spiro atoms. The summed E-state index contributed by atoms with van der Waals surface area (Å²) >= 11 is 0. The molecule has 9 heavy (non-hydrogen) atoms. The van der Waals surface area contributed by atoms with E-state index in [2.05, 4.69) is 0 Å². The molecule has 0 saturated heterocycles. The van der Waals surface area contributed by atoms with Gasteiger partial charge in [-0.25, -0.2) is 4.39 Å². The predicted octanol–water partition coefficient (Wildman–Crippen LogP) is 0.235. The average Bonchev–Trinajstić information content (AvgIpc) is 1.63. The average molecular weight is 134 g/mol. The van der Waals surface area contributed by atoms with Crippen LogP contribution in [0, 0.1) is 0 Å². The molecule has 0 aliphatic rings. The van der Waals surface area contributed by atoms with E-state index in [1.807, 2.05) is 11.9 Å². The normalized spacial score (nSPS) is 14.3. The third kappa shape index (κ3) is 5.73. The van der Waals surface area contributed by atoms with Gasteiger partial charge in [0.1, 0.15) is 6.17 Å². The number of nitrogens with two attached hydrogens (primary N) is 1. The smallest absolute Gasteiger partial charge is 0.110 e. The SMILES string of the molecule is CC(F)CN(C)CCN. The number of hydrogen-bond donors (Lipinski definition) is 1. The van der Waals surface area contributed by atoms with Gasteiger partial charge in [0, 0.05) is 19.6 Å². The summed E-state index contributed by atoms with van der Waals surface area (Å²) in [7, 11) is 1.86. The second kappa shape index (κ2) is 4.70. The van der Waals surface area contributed by atoms with Gasteiger partial charge >= 0.3 is 0 Å². The Morgan fingerprint density at radius 3 is 2.56 bits per heavy atom. The second-order valence-electron chi connectivity index (χ2n) is 2.33. The summed E-state index contributed by atoms with van der Waals surface area (Å²) in [5.41, 5.74) is 5.24. The van der Waals surface area contributed by atoms with Gasteiger partial charge in [0.2, 0.25) is 0 Å². The Hall–Kier alpha value is -0.150. The van der Waals surface area contributed by atoms with Crippen LogP contribution in [0.4, 0.5) is 4.39 Å². The van der Waals surface area contributed by atoms with Crippen LogP contribution in [0.3, 0.4) is 0 Å². The molecule has 0 aliphatic carbocycles. The quantitative estimate of drug-likeness (QED) is 0.596. The lowest BCUT2D eigenvalue weighted by Gasteiger charge is -2.15. The molecule has 0 heterocycles. The first-order valence-corrected chi connectivity index (χ1v) is 3.19. The first kappa shape index (κ1) is 8.85. The van der Waals surface area contributed by atoms with Gasteiger partial charge in [0.15, 0.2) is 0 Å². The molecule has 3 heteroatoms. The zero-order chi connectivity index (χ0) is 7.28. The molecule has 0 bridgehead atoms. The Morgan fingerprint density at radius 2 is 2.22 bits per heavy atom. The highest BCUT2D eigenvalue weighted by Crippen LogP contribution is 1.90. The standard InChI is InChI=1S/C6H15FN2/c1-6(7)5-9(2)4-3-8/h6H,3-5,8H2,1-2H3. The molecular weight excluding hydrogens is 119 g/mol. The van der Waals surface area contributed by atoms with Gasteiger partial charge in [-0.3, -0.25) is 0 Å². The molecular formula is C6H15FN2. The summed E-state index contributed by atoms with van der Waals surface area (Å²) in [6.07, 6.45) is -0.749. The minimum atomic E-state index is -0.749. The van der Waals surface area contributed by atoms with Gasteiger partial charge < -0.3 is 10.6 Å². The van der Waals surface area contributed by atoms with Crippen LogP contribution < -0.4 is 5.73 Å². The van der Waals surface area contributed by atoms with Gasteiger partial charge in [0.25, 0.3) is 0 Å². The molecule has 0 aromatic rings. The summed E-state index contributed by atoms with van der Waals surface area (Å²) in [6.45, 7) is 3.40. The fourth-order valence-electron chi connectivity index (χ4n) is 0.741. The zero-order valence-electron chi connectivity index (χ0n) is 6.10. The molecule has 2 nitrogen and oxygen atoms in total. The van der Waals surface area contributed by atoms with E-state index < -0.39 is 6.17 Å². The van der Waals surface area contributed by atoms with Gasteiger partial charge in [0.05, 0.1) is 0 Å². The Bertz CT molecular complexity index is 66.1. The number of nitrogens with zero attached hydrogens (tertiary/aromatic N) is 1. The Kier molecular flexibility index (Phi) is 4.62. The van der Waals surface area contributed by atoms with Crippen LogP contribution in [0.15, 0.2) is 0 Å². The van der Waals surface area contributed by atoms with Crippen LogP contribution in [0.1, 0.15) is 6.92 Å². The van der Waals surface area contributed by atoms with E-state index in [9.17, 15) is 4.39 Å². The van der Waals surface area contributed by atoms with Crippen molar-refractivity contribution >= 4 is 0 Å². The lowest BCUT2D eigenvalue weighted by atomic mass is 10.4. The van der Waals surface area contributed by atoms with Crippen LogP contribution >= 0.6 is 0 Å². The maximum atomic E-state index is 12.2. The summed E-state index contributed by atoms with van der Waals surface area (Å²) in [5, 5.41) is 0. The van der Waals surface area contributed by atoms with Crippen molar-refractivity contribution in [3.63, 3.8) is 0 Å². The Morgan fingerprint density at radius 1 is 1.67 bits per heavy atom. The number of likely N-dealkylation sites (N-methyl/N-ethyl adjacent to an activating group) is 1. The molecule has 0 fully saturated rings. The molecule has 0 amide bonds. The van der Waals surface area contributed by atoms with E-state index in [0.717, 1.165) is 6.54 Å². The molecule has 2 N–H and O–H groups in total. The van der Waals surface area contributed by atoms with Crippen molar-refractivity contribution in [2.45, 2.75) is 13.1 Å².